The number of hydrogen-bond donors (Lipinski definition) is 2. The maximum atomic E-state index is 13.1. The number of fused-ring (bicyclic) bond motifs is 5. The predicted octanol–water partition coefficient (Wildman–Crippen LogP) is 6.23. The minimum absolute atomic E-state index is 0.0130. The molecule has 6 rings (SSSR count). The number of carbonyl (C=O) groups is 3. The first-order chi connectivity index (χ1) is 22.5. The molecule has 4 heterocycles. The molecule has 4 aliphatic heterocycles. The minimum Gasteiger partial charge on any atom is -0.458 e. The highest BCUT2D eigenvalue weighted by Gasteiger charge is 2.83. The van der Waals surface area contributed by atoms with Crippen molar-refractivity contribution in [3.05, 3.63) is 11.1 Å². The molecule has 4 fully saturated rings. The van der Waals surface area contributed by atoms with Crippen LogP contribution in [0.3, 0.4) is 0 Å². The Balaban J connectivity index is 0.959. The first kappa shape index (κ1) is 35.4. The van der Waals surface area contributed by atoms with E-state index < -0.39 is 40.8 Å². The lowest BCUT2D eigenvalue weighted by Gasteiger charge is -2.65. The van der Waals surface area contributed by atoms with Crippen molar-refractivity contribution in [2.24, 2.45) is 17.3 Å². The summed E-state index contributed by atoms with van der Waals surface area (Å²) >= 11 is 0. The van der Waals surface area contributed by atoms with Crippen LogP contribution >= 0.6 is 21.6 Å². The number of rotatable bonds is 14. The molecule has 1 saturated carbocycles. The van der Waals surface area contributed by atoms with Gasteiger partial charge < -0.3 is 34.1 Å². The van der Waals surface area contributed by atoms with Crippen molar-refractivity contribution in [2.45, 2.75) is 146 Å². The Kier molecular flexibility index (Phi) is 10.6. The number of carbonyl (C=O) groups excluding carboxylic acids is 3. The lowest BCUT2D eigenvalue weighted by atomic mass is 9.46. The maximum Gasteiger partial charge on any atom is 0.508 e. The summed E-state index contributed by atoms with van der Waals surface area (Å²) < 4.78 is 29.9. The van der Waals surface area contributed by atoms with Crippen molar-refractivity contribution < 1.29 is 43.2 Å². The van der Waals surface area contributed by atoms with Gasteiger partial charge in [0.2, 0.25) is 5.91 Å². The first-order valence-electron chi connectivity index (χ1n) is 17.8. The van der Waals surface area contributed by atoms with Crippen molar-refractivity contribution in [3.8, 4) is 0 Å². The van der Waals surface area contributed by atoms with Crippen molar-refractivity contribution in [3.63, 3.8) is 0 Å². The normalized spacial score (nSPS) is 38.6. The third kappa shape index (κ3) is 6.36. The van der Waals surface area contributed by atoms with Crippen LogP contribution in [0.2, 0.25) is 0 Å². The number of ether oxygens (including phenoxy) is 5. The fourth-order valence-corrected chi connectivity index (χ4v) is 12.1. The molecule has 0 spiro atoms. The van der Waals surface area contributed by atoms with Gasteiger partial charge in [-0.05, 0) is 88.5 Å². The van der Waals surface area contributed by atoms with Crippen molar-refractivity contribution >= 4 is 39.6 Å². The van der Waals surface area contributed by atoms with E-state index in [9.17, 15) is 19.5 Å². The number of unbranched alkanes of at least 4 members (excludes halogenated alkanes) is 4. The van der Waals surface area contributed by atoms with E-state index in [1.807, 2.05) is 42.4 Å². The summed E-state index contributed by atoms with van der Waals surface area (Å²) in [5.41, 5.74) is -2.30. The third-order valence-corrected chi connectivity index (χ3v) is 15.3. The van der Waals surface area contributed by atoms with Crippen LogP contribution in [-0.2, 0) is 33.3 Å². The van der Waals surface area contributed by atoms with E-state index in [0.717, 1.165) is 48.5 Å². The summed E-state index contributed by atoms with van der Waals surface area (Å²) in [6.07, 6.45) is 8.29. The average molecular weight is 696 g/mol. The van der Waals surface area contributed by atoms with Gasteiger partial charge in [-0.15, -0.1) is 0 Å². The fourth-order valence-electron chi connectivity index (χ4n) is 9.09. The second-order valence-corrected chi connectivity index (χ2v) is 17.8. The number of hydrogen-bond acceptors (Lipinski definition) is 11. The maximum absolute atomic E-state index is 13.1. The zero-order valence-electron chi connectivity index (χ0n) is 28.4. The van der Waals surface area contributed by atoms with Crippen LogP contribution in [0, 0.1) is 17.3 Å². The molecule has 10 nitrogen and oxygen atoms in total. The second-order valence-electron chi connectivity index (χ2n) is 15.1. The topological polar surface area (TPSA) is 133 Å². The van der Waals surface area contributed by atoms with Gasteiger partial charge in [-0.2, -0.15) is 0 Å². The number of nitrogens with one attached hydrogen (secondary N) is 1. The molecule has 1 unspecified atom stereocenters. The zero-order valence-corrected chi connectivity index (χ0v) is 30.1. The summed E-state index contributed by atoms with van der Waals surface area (Å²) in [6.45, 7) is 9.19. The highest BCUT2D eigenvalue weighted by Crippen LogP contribution is 2.70. The van der Waals surface area contributed by atoms with Gasteiger partial charge in [0.15, 0.2) is 18.0 Å². The highest BCUT2D eigenvalue weighted by molar-refractivity contribution is 8.77. The van der Waals surface area contributed by atoms with Gasteiger partial charge in [-0.3, -0.25) is 4.79 Å². The number of cyclic esters (lactones) is 1. The van der Waals surface area contributed by atoms with Crippen LogP contribution in [0.1, 0.15) is 111 Å². The Morgan fingerprint density at radius 2 is 1.87 bits per heavy atom. The molecular formula is C35H53NO9S2. The van der Waals surface area contributed by atoms with Gasteiger partial charge in [0, 0.05) is 35.0 Å². The zero-order chi connectivity index (χ0) is 33.5. The monoisotopic (exact) mass is 695 g/mol. The number of esters is 1. The average Bonchev–Trinajstić information content (AvgIpc) is 3.31. The molecule has 0 aromatic rings. The summed E-state index contributed by atoms with van der Waals surface area (Å²) in [5, 5.41) is 16.4. The molecule has 1 amide bonds. The van der Waals surface area contributed by atoms with E-state index in [4.69, 9.17) is 23.7 Å². The highest BCUT2D eigenvalue weighted by atomic mass is 33.1. The second kappa shape index (κ2) is 14.0. The van der Waals surface area contributed by atoms with E-state index in [-0.39, 0.29) is 30.3 Å². The molecule has 12 heteroatoms. The molecule has 0 aromatic carbocycles. The van der Waals surface area contributed by atoms with Crippen LogP contribution in [0.15, 0.2) is 11.1 Å². The summed E-state index contributed by atoms with van der Waals surface area (Å²) in [4.78, 5) is 37.6. The van der Waals surface area contributed by atoms with E-state index in [2.05, 4.69) is 12.2 Å². The summed E-state index contributed by atoms with van der Waals surface area (Å²) in [5.74, 6) is 1.09. The molecule has 0 radical (unpaired) electrons. The van der Waals surface area contributed by atoms with Gasteiger partial charge in [0.25, 0.3) is 0 Å². The van der Waals surface area contributed by atoms with Crippen molar-refractivity contribution in [1.29, 1.82) is 0 Å². The van der Waals surface area contributed by atoms with Crippen LogP contribution in [0.5, 0.6) is 0 Å². The minimum atomic E-state index is -1.52. The van der Waals surface area contributed by atoms with Crippen molar-refractivity contribution in [1.82, 2.24) is 5.32 Å². The molecule has 2 N–H and O–H groups in total. The Labute approximate surface area is 286 Å². The molecule has 8 atom stereocenters. The molecule has 3 saturated heterocycles. The molecule has 2 aliphatic carbocycles. The van der Waals surface area contributed by atoms with Gasteiger partial charge >= 0.3 is 12.1 Å². The standard InChI is InChI=1S/C35H53NO9S2/c1-22(2)35-29(43-31(39)41-19-10-6-5-9-18-36-27(37)12-8-7-11-23-15-20-46-47-23)34(40)17-14-26-25-21-42-28(38)24(25)13-16-32(26,3)33(34,4)44-30(35)45-35/h22-23,26,29-30,40H,5-21H2,1-4H3,(H,36,37)/t23?,26-,29-,30+,32-,33+,34+,35+/m0/s1. The van der Waals surface area contributed by atoms with Crippen LogP contribution in [0.4, 0.5) is 4.79 Å². The molecular weight excluding hydrogens is 643 g/mol. The first-order valence-corrected chi connectivity index (χ1v) is 20.2. The molecule has 0 aromatic heterocycles. The summed E-state index contributed by atoms with van der Waals surface area (Å²) in [6, 6.07) is 0. The van der Waals surface area contributed by atoms with Crippen molar-refractivity contribution in [2.75, 3.05) is 25.5 Å². The Morgan fingerprint density at radius 3 is 2.64 bits per heavy atom. The lowest BCUT2D eigenvalue weighted by Crippen LogP contribution is -2.78. The van der Waals surface area contributed by atoms with Gasteiger partial charge in [0.05, 0.1) is 6.61 Å². The third-order valence-electron chi connectivity index (χ3n) is 12.3. The lowest BCUT2D eigenvalue weighted by molar-refractivity contribution is -0.328. The number of aliphatic hydroxyl groups is 1. The Hall–Kier alpha value is -1.47. The fraction of sp³-hybridized carbons (Fsp3) is 0.857. The van der Waals surface area contributed by atoms with E-state index in [0.29, 0.717) is 51.7 Å². The van der Waals surface area contributed by atoms with Crippen LogP contribution < -0.4 is 5.32 Å². The Bertz CT molecular complexity index is 1240. The SMILES string of the molecule is CC(C)[C@]12O[C@H]1O[C@]1(C)[C@@]3(C)CCC4=C(COC4=O)[C@@H]3CC[C@@]1(O)[C@@H]2OC(=O)OCCCCCCNC(=O)CCCCC1CCSS1. The Morgan fingerprint density at radius 1 is 1.06 bits per heavy atom. The molecule has 264 valence electrons. The predicted molar refractivity (Wildman–Crippen MR) is 180 cm³/mol. The number of amides is 1. The van der Waals surface area contributed by atoms with Crippen LogP contribution in [-0.4, -0.2) is 83.1 Å². The number of epoxide rings is 1. The largest absolute Gasteiger partial charge is 0.508 e. The molecule has 6 aliphatic rings. The molecule has 0 bridgehead atoms. The summed E-state index contributed by atoms with van der Waals surface area (Å²) in [7, 11) is 3.96. The van der Waals surface area contributed by atoms with Gasteiger partial charge in [0.1, 0.15) is 17.8 Å². The smallest absolute Gasteiger partial charge is 0.458 e. The van der Waals surface area contributed by atoms with E-state index in [1.54, 1.807) is 0 Å². The van der Waals surface area contributed by atoms with Crippen LogP contribution in [0.25, 0.3) is 0 Å². The van der Waals surface area contributed by atoms with Gasteiger partial charge in [-0.25, -0.2) is 9.59 Å². The molecule has 47 heavy (non-hydrogen) atoms. The van der Waals surface area contributed by atoms with E-state index in [1.165, 1.54) is 18.6 Å². The quantitative estimate of drug-likeness (QED) is 0.0927. The van der Waals surface area contributed by atoms with Gasteiger partial charge in [-0.1, -0.05) is 55.2 Å². The van der Waals surface area contributed by atoms with E-state index >= 15 is 0 Å².